The van der Waals surface area contributed by atoms with Crippen LogP contribution in [0.25, 0.3) is 11.1 Å². The van der Waals surface area contributed by atoms with Crippen molar-refractivity contribution in [3.8, 4) is 17.0 Å². The van der Waals surface area contributed by atoms with Crippen molar-refractivity contribution in [3.63, 3.8) is 0 Å². The summed E-state index contributed by atoms with van der Waals surface area (Å²) in [7, 11) is 0. The molecular formula is C21H20F6N2O3. The Labute approximate surface area is 179 Å². The van der Waals surface area contributed by atoms with Crippen molar-refractivity contribution in [1.82, 2.24) is 10.3 Å². The molecule has 1 saturated carbocycles. The first-order valence-electron chi connectivity index (χ1n) is 9.80. The SMILES string of the molecule is O=C(N[C@@H]1CCCC[C@H]1O)c1cnc(OCC(F)(F)F)c(-c2ccc(C(F)(F)F)cc2)c1. The van der Waals surface area contributed by atoms with Crippen LogP contribution >= 0.6 is 0 Å². The number of nitrogens with zero attached hydrogens (tertiary/aromatic N) is 1. The quantitative estimate of drug-likeness (QED) is 0.630. The number of alkyl halides is 6. The summed E-state index contributed by atoms with van der Waals surface area (Å²) >= 11 is 0. The molecular weight excluding hydrogens is 442 g/mol. The Balaban J connectivity index is 1.91. The third kappa shape index (κ3) is 6.12. The van der Waals surface area contributed by atoms with E-state index in [1.54, 1.807) is 0 Å². The van der Waals surface area contributed by atoms with E-state index in [9.17, 15) is 36.2 Å². The normalized spacial score (nSPS) is 19.5. The van der Waals surface area contributed by atoms with Crippen molar-refractivity contribution in [3.05, 3.63) is 47.7 Å². The average molecular weight is 462 g/mol. The van der Waals surface area contributed by atoms with Gasteiger partial charge in [0.05, 0.1) is 23.3 Å². The van der Waals surface area contributed by atoms with E-state index in [0.29, 0.717) is 12.8 Å². The maximum Gasteiger partial charge on any atom is 0.422 e. The van der Waals surface area contributed by atoms with Gasteiger partial charge in [-0.2, -0.15) is 26.3 Å². The van der Waals surface area contributed by atoms with Gasteiger partial charge in [-0.25, -0.2) is 4.98 Å². The number of carbonyl (C=O) groups excluding carboxylic acids is 1. The maximum atomic E-state index is 12.8. The molecule has 2 N–H and O–H groups in total. The van der Waals surface area contributed by atoms with Gasteiger partial charge in [-0.3, -0.25) is 4.79 Å². The van der Waals surface area contributed by atoms with Gasteiger partial charge in [0.2, 0.25) is 5.88 Å². The Kier molecular flexibility index (Phi) is 6.97. The van der Waals surface area contributed by atoms with Crippen LogP contribution in [-0.4, -0.2) is 40.9 Å². The van der Waals surface area contributed by atoms with Gasteiger partial charge in [0.1, 0.15) is 0 Å². The summed E-state index contributed by atoms with van der Waals surface area (Å²) in [6.07, 6.45) is -6.20. The van der Waals surface area contributed by atoms with Gasteiger partial charge in [0, 0.05) is 11.8 Å². The number of amides is 1. The molecule has 0 saturated heterocycles. The minimum absolute atomic E-state index is 0.0305. The standard InChI is InChI=1S/C21H20F6N2O3/c22-20(23,24)11-32-19-15(12-5-7-14(8-6-12)21(25,26)27)9-13(10-28-19)18(31)29-16-3-1-2-4-17(16)30/h5-10,16-17,30H,1-4,11H2,(H,29,31)/t16-,17-/m1/s1. The van der Waals surface area contributed by atoms with E-state index in [-0.39, 0.29) is 16.7 Å². The van der Waals surface area contributed by atoms with E-state index in [2.05, 4.69) is 10.3 Å². The van der Waals surface area contributed by atoms with Gasteiger partial charge in [0.15, 0.2) is 6.61 Å². The minimum Gasteiger partial charge on any atom is -0.468 e. The van der Waals surface area contributed by atoms with E-state index < -0.39 is 48.5 Å². The van der Waals surface area contributed by atoms with E-state index in [4.69, 9.17) is 4.74 Å². The van der Waals surface area contributed by atoms with Crippen LogP contribution in [0, 0.1) is 0 Å². The van der Waals surface area contributed by atoms with Crippen LogP contribution in [0.3, 0.4) is 0 Å². The average Bonchev–Trinajstić information content (AvgIpc) is 2.72. The summed E-state index contributed by atoms with van der Waals surface area (Å²) in [6.45, 7) is -1.66. The highest BCUT2D eigenvalue weighted by molar-refractivity contribution is 5.95. The third-order valence-corrected chi connectivity index (χ3v) is 5.06. The molecule has 1 aliphatic carbocycles. The number of aliphatic hydroxyl groups is 1. The monoisotopic (exact) mass is 462 g/mol. The van der Waals surface area contributed by atoms with Crippen LogP contribution in [0.1, 0.15) is 41.6 Å². The summed E-state index contributed by atoms with van der Waals surface area (Å²) in [4.78, 5) is 16.4. The van der Waals surface area contributed by atoms with Crippen molar-refractivity contribution in [2.24, 2.45) is 0 Å². The van der Waals surface area contributed by atoms with Gasteiger partial charge in [-0.05, 0) is 36.6 Å². The number of nitrogens with one attached hydrogen (secondary N) is 1. The molecule has 11 heteroatoms. The molecule has 2 atom stereocenters. The number of hydrogen-bond donors (Lipinski definition) is 2. The number of benzene rings is 1. The lowest BCUT2D eigenvalue weighted by atomic mass is 9.92. The summed E-state index contributed by atoms with van der Waals surface area (Å²) in [5.41, 5.74) is -0.945. The molecule has 0 spiro atoms. The van der Waals surface area contributed by atoms with Crippen molar-refractivity contribution in [2.45, 2.75) is 50.2 Å². The van der Waals surface area contributed by atoms with E-state index in [0.717, 1.165) is 43.3 Å². The lowest BCUT2D eigenvalue weighted by molar-refractivity contribution is -0.154. The second-order valence-corrected chi connectivity index (χ2v) is 7.49. The summed E-state index contributed by atoms with van der Waals surface area (Å²) in [5, 5.41) is 12.7. The lowest BCUT2D eigenvalue weighted by Gasteiger charge is -2.28. The molecule has 5 nitrogen and oxygen atoms in total. The highest BCUT2D eigenvalue weighted by atomic mass is 19.4. The molecule has 1 fully saturated rings. The molecule has 174 valence electrons. The van der Waals surface area contributed by atoms with E-state index in [1.807, 2.05) is 0 Å². The highest BCUT2D eigenvalue weighted by Gasteiger charge is 2.31. The Bertz CT molecular complexity index is 944. The maximum absolute atomic E-state index is 12.8. The Morgan fingerprint density at radius 2 is 1.75 bits per heavy atom. The molecule has 2 aromatic rings. The summed E-state index contributed by atoms with van der Waals surface area (Å²) in [5.74, 6) is -1.09. The molecule has 0 aliphatic heterocycles. The number of aromatic nitrogens is 1. The number of halogens is 6. The fourth-order valence-electron chi connectivity index (χ4n) is 3.42. The van der Waals surface area contributed by atoms with Gasteiger partial charge < -0.3 is 15.2 Å². The second kappa shape index (κ2) is 9.35. The molecule has 3 rings (SSSR count). The van der Waals surface area contributed by atoms with Gasteiger partial charge in [0.25, 0.3) is 5.91 Å². The zero-order valence-corrected chi connectivity index (χ0v) is 16.6. The number of aliphatic hydroxyl groups excluding tert-OH is 1. The zero-order chi connectivity index (χ0) is 23.5. The van der Waals surface area contributed by atoms with Crippen LogP contribution in [-0.2, 0) is 6.18 Å². The third-order valence-electron chi connectivity index (χ3n) is 5.06. The fourth-order valence-corrected chi connectivity index (χ4v) is 3.42. The van der Waals surface area contributed by atoms with E-state index in [1.165, 1.54) is 6.07 Å². The van der Waals surface area contributed by atoms with Gasteiger partial charge in [-0.1, -0.05) is 25.0 Å². The van der Waals surface area contributed by atoms with Crippen molar-refractivity contribution < 1.29 is 41.0 Å². The molecule has 1 amide bonds. The fraction of sp³-hybridized carbons (Fsp3) is 0.429. The van der Waals surface area contributed by atoms with E-state index >= 15 is 0 Å². The smallest absolute Gasteiger partial charge is 0.422 e. The topological polar surface area (TPSA) is 71.5 Å². The molecule has 1 aromatic heterocycles. The van der Waals surface area contributed by atoms with Crippen LogP contribution in [0.15, 0.2) is 36.5 Å². The van der Waals surface area contributed by atoms with Crippen molar-refractivity contribution in [1.29, 1.82) is 0 Å². The van der Waals surface area contributed by atoms with Crippen LogP contribution in [0.2, 0.25) is 0 Å². The molecule has 0 bridgehead atoms. The molecule has 0 unspecified atom stereocenters. The first-order valence-corrected chi connectivity index (χ1v) is 9.80. The zero-order valence-electron chi connectivity index (χ0n) is 16.6. The molecule has 1 aromatic carbocycles. The van der Waals surface area contributed by atoms with Crippen LogP contribution in [0.5, 0.6) is 5.88 Å². The first-order chi connectivity index (χ1) is 14.9. The first kappa shape index (κ1) is 23.8. The Morgan fingerprint density at radius 3 is 2.34 bits per heavy atom. The second-order valence-electron chi connectivity index (χ2n) is 7.49. The number of hydrogen-bond acceptors (Lipinski definition) is 4. The molecule has 1 heterocycles. The largest absolute Gasteiger partial charge is 0.468 e. The summed E-state index contributed by atoms with van der Waals surface area (Å²) in [6, 6.07) is 4.39. The number of rotatable bonds is 5. The Morgan fingerprint density at radius 1 is 1.09 bits per heavy atom. The van der Waals surface area contributed by atoms with Gasteiger partial charge >= 0.3 is 12.4 Å². The predicted molar refractivity (Wildman–Crippen MR) is 102 cm³/mol. The van der Waals surface area contributed by atoms with Gasteiger partial charge in [-0.15, -0.1) is 0 Å². The number of carbonyl (C=O) groups is 1. The predicted octanol–water partition coefficient (Wildman–Crippen LogP) is 4.74. The minimum atomic E-state index is -4.66. The number of pyridine rings is 1. The van der Waals surface area contributed by atoms with Crippen LogP contribution < -0.4 is 10.1 Å². The number of ether oxygens (including phenoxy) is 1. The molecule has 1 aliphatic rings. The highest BCUT2D eigenvalue weighted by Crippen LogP contribution is 2.34. The lowest BCUT2D eigenvalue weighted by Crippen LogP contribution is -2.45. The molecule has 32 heavy (non-hydrogen) atoms. The Hall–Kier alpha value is -2.82. The van der Waals surface area contributed by atoms with Crippen LogP contribution in [0.4, 0.5) is 26.3 Å². The summed E-state index contributed by atoms with van der Waals surface area (Å²) < 4.78 is 81.0. The molecule has 0 radical (unpaired) electrons. The van der Waals surface area contributed by atoms with Crippen molar-refractivity contribution in [2.75, 3.05) is 6.61 Å². The van der Waals surface area contributed by atoms with Crippen molar-refractivity contribution >= 4 is 5.91 Å².